The maximum absolute atomic E-state index is 10.1. The third-order valence-electron chi connectivity index (χ3n) is 1.46. The average Bonchev–Trinajstić information content (AvgIpc) is 2.52. The zero-order valence-corrected chi connectivity index (χ0v) is 7.23. The minimum Gasteiger partial charge on any atom is -0.493 e. The van der Waals surface area contributed by atoms with Gasteiger partial charge in [-0.2, -0.15) is 5.10 Å². The van der Waals surface area contributed by atoms with E-state index in [-0.39, 0.29) is 0 Å². The van der Waals surface area contributed by atoms with Crippen molar-refractivity contribution in [2.24, 2.45) is 0 Å². The smallest absolute Gasteiger partial charge is 0.404 e. The number of hydrogen-bond acceptors (Lipinski definition) is 3. The minimum atomic E-state index is -1.03. The second-order valence-corrected chi connectivity index (χ2v) is 2.38. The molecule has 1 heterocycles. The first kappa shape index (κ1) is 9.37. The summed E-state index contributed by atoms with van der Waals surface area (Å²) in [5.74, 6) is 0.662. The summed E-state index contributed by atoms with van der Waals surface area (Å²) in [5, 5.41) is 14.5. The molecule has 0 aliphatic carbocycles. The normalized spacial score (nSPS) is 9.62. The molecule has 13 heavy (non-hydrogen) atoms. The molecular formula is C7H11N3O3. The number of carbonyl (C=O) groups is 1. The predicted octanol–water partition coefficient (Wildman–Crippen LogP) is 0.159. The fourth-order valence-electron chi connectivity index (χ4n) is 0.850. The quantitative estimate of drug-likeness (QED) is 0.700. The lowest BCUT2D eigenvalue weighted by molar-refractivity contribution is 0.194. The van der Waals surface area contributed by atoms with Gasteiger partial charge in [0.15, 0.2) is 5.75 Å². The highest BCUT2D eigenvalue weighted by molar-refractivity contribution is 5.64. The van der Waals surface area contributed by atoms with E-state index in [0.717, 1.165) is 0 Å². The van der Waals surface area contributed by atoms with E-state index in [4.69, 9.17) is 9.84 Å². The first-order chi connectivity index (χ1) is 6.22. The summed E-state index contributed by atoms with van der Waals surface area (Å²) < 4.78 is 6.51. The number of carboxylic acid groups (broad SMARTS) is 1. The van der Waals surface area contributed by atoms with Crippen LogP contribution in [-0.4, -0.2) is 34.6 Å². The van der Waals surface area contributed by atoms with Crippen LogP contribution in [0.5, 0.6) is 5.75 Å². The standard InChI is InChI=1S/C7H11N3O3/c1-13-6-4-9-10(5-6)3-2-8-7(11)12/h4-5,8H,2-3H2,1H3,(H,11,12). The molecule has 0 aliphatic heterocycles. The maximum Gasteiger partial charge on any atom is 0.404 e. The van der Waals surface area contributed by atoms with Crippen LogP contribution in [0.2, 0.25) is 0 Å². The Morgan fingerprint density at radius 1 is 1.85 bits per heavy atom. The Morgan fingerprint density at radius 3 is 3.15 bits per heavy atom. The van der Waals surface area contributed by atoms with Gasteiger partial charge in [-0.25, -0.2) is 4.79 Å². The van der Waals surface area contributed by atoms with Crippen molar-refractivity contribution >= 4 is 6.09 Å². The Morgan fingerprint density at radius 2 is 2.62 bits per heavy atom. The van der Waals surface area contributed by atoms with E-state index in [1.54, 1.807) is 24.2 Å². The average molecular weight is 185 g/mol. The number of nitrogens with one attached hydrogen (secondary N) is 1. The number of amides is 1. The summed E-state index contributed by atoms with van der Waals surface area (Å²) in [5.41, 5.74) is 0. The molecule has 1 aromatic rings. The zero-order valence-electron chi connectivity index (χ0n) is 7.23. The summed E-state index contributed by atoms with van der Waals surface area (Å²) in [7, 11) is 1.55. The molecule has 72 valence electrons. The number of ether oxygens (including phenoxy) is 1. The van der Waals surface area contributed by atoms with Crippen LogP contribution < -0.4 is 10.1 Å². The molecule has 0 fully saturated rings. The van der Waals surface area contributed by atoms with Crippen LogP contribution in [0.1, 0.15) is 0 Å². The molecule has 0 aliphatic rings. The lowest BCUT2D eigenvalue weighted by Crippen LogP contribution is -2.25. The maximum atomic E-state index is 10.1. The number of methoxy groups -OCH3 is 1. The Hall–Kier alpha value is -1.72. The van der Waals surface area contributed by atoms with Gasteiger partial charge in [0.2, 0.25) is 0 Å². The monoisotopic (exact) mass is 185 g/mol. The van der Waals surface area contributed by atoms with Crippen molar-refractivity contribution in [3.8, 4) is 5.75 Å². The minimum absolute atomic E-state index is 0.333. The van der Waals surface area contributed by atoms with Crippen molar-refractivity contribution in [3.05, 3.63) is 12.4 Å². The predicted molar refractivity (Wildman–Crippen MR) is 44.8 cm³/mol. The lowest BCUT2D eigenvalue weighted by atomic mass is 10.6. The first-order valence-corrected chi connectivity index (χ1v) is 3.75. The molecule has 0 bridgehead atoms. The van der Waals surface area contributed by atoms with E-state index in [9.17, 15) is 4.79 Å². The summed E-state index contributed by atoms with van der Waals surface area (Å²) in [6.45, 7) is 0.829. The van der Waals surface area contributed by atoms with E-state index in [0.29, 0.717) is 18.8 Å². The second kappa shape index (κ2) is 4.34. The highest BCUT2D eigenvalue weighted by Gasteiger charge is 1.98. The van der Waals surface area contributed by atoms with Crippen molar-refractivity contribution < 1.29 is 14.6 Å². The molecule has 6 nitrogen and oxygen atoms in total. The molecule has 1 amide bonds. The fraction of sp³-hybridized carbons (Fsp3) is 0.429. The summed E-state index contributed by atoms with van der Waals surface area (Å²) in [4.78, 5) is 10.1. The summed E-state index contributed by atoms with van der Waals surface area (Å²) in [6.07, 6.45) is 2.24. The Bertz CT molecular complexity index is 284. The molecule has 6 heteroatoms. The van der Waals surface area contributed by atoms with E-state index in [1.165, 1.54) is 0 Å². The van der Waals surface area contributed by atoms with Crippen molar-refractivity contribution in [3.63, 3.8) is 0 Å². The van der Waals surface area contributed by atoms with Crippen molar-refractivity contribution in [1.82, 2.24) is 15.1 Å². The molecule has 0 atom stereocenters. The van der Waals surface area contributed by atoms with Crippen LogP contribution in [0.3, 0.4) is 0 Å². The van der Waals surface area contributed by atoms with Gasteiger partial charge in [-0.1, -0.05) is 0 Å². The topological polar surface area (TPSA) is 76.4 Å². The molecule has 0 saturated carbocycles. The Labute approximate surface area is 75.1 Å². The Kier molecular flexibility index (Phi) is 3.13. The highest BCUT2D eigenvalue weighted by Crippen LogP contribution is 2.05. The number of rotatable bonds is 4. The van der Waals surface area contributed by atoms with Crippen LogP contribution in [-0.2, 0) is 6.54 Å². The summed E-state index contributed by atoms with van der Waals surface area (Å²) in [6, 6.07) is 0. The summed E-state index contributed by atoms with van der Waals surface area (Å²) >= 11 is 0. The molecule has 1 rings (SSSR count). The van der Waals surface area contributed by atoms with Crippen LogP contribution >= 0.6 is 0 Å². The van der Waals surface area contributed by atoms with Gasteiger partial charge < -0.3 is 15.2 Å². The third-order valence-corrected chi connectivity index (χ3v) is 1.46. The SMILES string of the molecule is COc1cnn(CCNC(=O)O)c1. The molecule has 0 spiro atoms. The molecular weight excluding hydrogens is 174 g/mol. The third kappa shape index (κ3) is 3.02. The van der Waals surface area contributed by atoms with Gasteiger partial charge in [0, 0.05) is 6.54 Å². The molecule has 2 N–H and O–H groups in total. The number of aromatic nitrogens is 2. The van der Waals surface area contributed by atoms with E-state index in [2.05, 4.69) is 10.4 Å². The van der Waals surface area contributed by atoms with Crippen LogP contribution in [0.15, 0.2) is 12.4 Å². The molecule has 0 unspecified atom stereocenters. The van der Waals surface area contributed by atoms with Crippen molar-refractivity contribution in [2.45, 2.75) is 6.54 Å². The first-order valence-electron chi connectivity index (χ1n) is 3.75. The van der Waals surface area contributed by atoms with E-state index in [1.807, 2.05) is 0 Å². The number of hydrogen-bond donors (Lipinski definition) is 2. The fourth-order valence-corrected chi connectivity index (χ4v) is 0.850. The highest BCUT2D eigenvalue weighted by atomic mass is 16.5. The molecule has 0 aromatic carbocycles. The number of nitrogens with zero attached hydrogens (tertiary/aromatic N) is 2. The van der Waals surface area contributed by atoms with Gasteiger partial charge in [-0.3, -0.25) is 4.68 Å². The van der Waals surface area contributed by atoms with Crippen LogP contribution in [0.4, 0.5) is 4.79 Å². The largest absolute Gasteiger partial charge is 0.493 e. The molecule has 0 saturated heterocycles. The Balaban J connectivity index is 2.32. The van der Waals surface area contributed by atoms with Gasteiger partial charge in [0.05, 0.1) is 26.0 Å². The molecule has 0 radical (unpaired) electrons. The van der Waals surface area contributed by atoms with Gasteiger partial charge in [0.1, 0.15) is 0 Å². The van der Waals surface area contributed by atoms with E-state index < -0.39 is 6.09 Å². The van der Waals surface area contributed by atoms with Gasteiger partial charge in [-0.15, -0.1) is 0 Å². The zero-order chi connectivity index (χ0) is 9.68. The van der Waals surface area contributed by atoms with Crippen molar-refractivity contribution in [2.75, 3.05) is 13.7 Å². The second-order valence-electron chi connectivity index (χ2n) is 2.38. The molecule has 1 aromatic heterocycles. The van der Waals surface area contributed by atoms with Gasteiger partial charge in [0.25, 0.3) is 0 Å². The van der Waals surface area contributed by atoms with Gasteiger partial charge in [-0.05, 0) is 0 Å². The van der Waals surface area contributed by atoms with Crippen LogP contribution in [0.25, 0.3) is 0 Å². The lowest BCUT2D eigenvalue weighted by Gasteiger charge is -2.00. The van der Waals surface area contributed by atoms with E-state index >= 15 is 0 Å². The van der Waals surface area contributed by atoms with Gasteiger partial charge >= 0.3 is 6.09 Å². The van der Waals surface area contributed by atoms with Crippen molar-refractivity contribution in [1.29, 1.82) is 0 Å². The van der Waals surface area contributed by atoms with Crippen LogP contribution in [0, 0.1) is 0 Å².